The molecule has 0 aliphatic carbocycles. The van der Waals surface area contributed by atoms with Gasteiger partial charge in [-0.3, -0.25) is 9.52 Å². The Morgan fingerprint density at radius 1 is 0.815 bits per heavy atom. The molecule has 0 radical (unpaired) electrons. The normalized spacial score (nSPS) is 11.0. The summed E-state index contributed by atoms with van der Waals surface area (Å²) in [4.78, 5) is 12.4. The van der Waals surface area contributed by atoms with Gasteiger partial charge < -0.3 is 5.32 Å². The molecular formula is C20H17FN2O3S. The minimum Gasteiger partial charge on any atom is -0.322 e. The van der Waals surface area contributed by atoms with Crippen LogP contribution in [0.15, 0.2) is 77.7 Å². The molecule has 0 atom stereocenters. The predicted molar refractivity (Wildman–Crippen MR) is 103 cm³/mol. The lowest BCUT2D eigenvalue weighted by molar-refractivity contribution is 0.102. The zero-order valence-corrected chi connectivity index (χ0v) is 15.3. The number of sulfonamides is 1. The average molecular weight is 384 g/mol. The van der Waals surface area contributed by atoms with Crippen LogP contribution in [-0.2, 0) is 10.0 Å². The Balaban J connectivity index is 1.70. The van der Waals surface area contributed by atoms with E-state index >= 15 is 0 Å². The molecule has 0 bridgehead atoms. The number of nitrogens with one attached hydrogen (secondary N) is 2. The van der Waals surface area contributed by atoms with Crippen LogP contribution in [0.25, 0.3) is 0 Å². The minimum atomic E-state index is -3.70. The van der Waals surface area contributed by atoms with Gasteiger partial charge in [-0.25, -0.2) is 12.8 Å². The number of halogens is 1. The maximum Gasteiger partial charge on any atom is 0.261 e. The number of anilines is 2. The first kappa shape index (κ1) is 18.6. The lowest BCUT2D eigenvalue weighted by Gasteiger charge is -2.09. The molecule has 2 N–H and O–H groups in total. The summed E-state index contributed by atoms with van der Waals surface area (Å²) >= 11 is 0. The summed E-state index contributed by atoms with van der Waals surface area (Å²) in [7, 11) is -3.70. The standard InChI is InChI=1S/C20H17FN2O3S/c1-14-2-12-19(13-3-14)27(25,26)23-18-8-4-15(5-9-18)20(24)22-17-10-6-16(21)7-11-17/h2-13,23H,1H3,(H,22,24). The molecule has 0 saturated heterocycles. The number of amides is 1. The molecule has 0 aromatic heterocycles. The highest BCUT2D eigenvalue weighted by Gasteiger charge is 2.14. The number of aryl methyl sites for hydroxylation is 1. The van der Waals surface area contributed by atoms with Crippen molar-refractivity contribution in [2.45, 2.75) is 11.8 Å². The molecule has 3 rings (SSSR count). The number of carbonyl (C=O) groups excluding carboxylic acids is 1. The SMILES string of the molecule is Cc1ccc(S(=O)(=O)Nc2ccc(C(=O)Nc3ccc(F)cc3)cc2)cc1. The van der Waals surface area contributed by atoms with E-state index in [1.165, 1.54) is 60.7 Å². The highest BCUT2D eigenvalue weighted by atomic mass is 32.2. The fourth-order valence-corrected chi connectivity index (χ4v) is 3.42. The summed E-state index contributed by atoms with van der Waals surface area (Å²) < 4.78 is 40.1. The molecule has 0 spiro atoms. The Labute approximate surface area is 156 Å². The van der Waals surface area contributed by atoms with Crippen LogP contribution < -0.4 is 10.0 Å². The van der Waals surface area contributed by atoms with Gasteiger partial charge in [0.05, 0.1) is 4.90 Å². The quantitative estimate of drug-likeness (QED) is 0.693. The van der Waals surface area contributed by atoms with Gasteiger partial charge in [0, 0.05) is 16.9 Å². The van der Waals surface area contributed by atoms with E-state index in [1.54, 1.807) is 12.1 Å². The monoisotopic (exact) mass is 384 g/mol. The van der Waals surface area contributed by atoms with Crippen LogP contribution in [0.2, 0.25) is 0 Å². The van der Waals surface area contributed by atoms with Crippen LogP contribution in [0, 0.1) is 12.7 Å². The van der Waals surface area contributed by atoms with Crippen LogP contribution in [-0.4, -0.2) is 14.3 Å². The van der Waals surface area contributed by atoms with Crippen molar-refractivity contribution in [3.63, 3.8) is 0 Å². The summed E-state index contributed by atoms with van der Waals surface area (Å²) in [6.07, 6.45) is 0. The van der Waals surface area contributed by atoms with E-state index in [2.05, 4.69) is 10.0 Å². The van der Waals surface area contributed by atoms with E-state index in [0.29, 0.717) is 16.9 Å². The Hall–Kier alpha value is -3.19. The molecule has 0 aliphatic rings. The molecule has 0 unspecified atom stereocenters. The van der Waals surface area contributed by atoms with Gasteiger partial charge in [-0.1, -0.05) is 17.7 Å². The maximum atomic E-state index is 12.9. The number of rotatable bonds is 5. The van der Waals surface area contributed by atoms with Crippen LogP contribution >= 0.6 is 0 Å². The second kappa shape index (κ2) is 7.59. The van der Waals surface area contributed by atoms with E-state index in [9.17, 15) is 17.6 Å². The lowest BCUT2D eigenvalue weighted by atomic mass is 10.2. The van der Waals surface area contributed by atoms with Crippen molar-refractivity contribution in [3.8, 4) is 0 Å². The third-order valence-corrected chi connectivity index (χ3v) is 5.23. The van der Waals surface area contributed by atoms with Crippen LogP contribution in [0.3, 0.4) is 0 Å². The molecule has 3 aromatic rings. The summed E-state index contributed by atoms with van der Waals surface area (Å²) in [5.74, 6) is -0.771. The molecule has 27 heavy (non-hydrogen) atoms. The number of hydrogen-bond acceptors (Lipinski definition) is 3. The molecule has 1 amide bonds. The summed E-state index contributed by atoms with van der Waals surface area (Å²) in [5, 5.41) is 2.64. The third-order valence-electron chi connectivity index (χ3n) is 3.83. The fraction of sp³-hybridized carbons (Fsp3) is 0.0500. The van der Waals surface area contributed by atoms with E-state index in [-0.39, 0.29) is 10.8 Å². The Morgan fingerprint density at radius 3 is 1.96 bits per heavy atom. The molecular weight excluding hydrogens is 367 g/mol. The number of hydrogen-bond donors (Lipinski definition) is 2. The highest BCUT2D eigenvalue weighted by Crippen LogP contribution is 2.18. The summed E-state index contributed by atoms with van der Waals surface area (Å²) in [5.41, 5.74) is 2.11. The van der Waals surface area contributed by atoms with Crippen LogP contribution in [0.5, 0.6) is 0 Å². The highest BCUT2D eigenvalue weighted by molar-refractivity contribution is 7.92. The van der Waals surface area contributed by atoms with Crippen molar-refractivity contribution in [1.82, 2.24) is 0 Å². The topological polar surface area (TPSA) is 75.3 Å². The minimum absolute atomic E-state index is 0.159. The first-order valence-electron chi connectivity index (χ1n) is 8.10. The molecule has 0 saturated carbocycles. The molecule has 5 nitrogen and oxygen atoms in total. The van der Waals surface area contributed by atoms with Gasteiger partial charge in [0.15, 0.2) is 0 Å². The van der Waals surface area contributed by atoms with E-state index in [1.807, 2.05) is 6.92 Å². The lowest BCUT2D eigenvalue weighted by Crippen LogP contribution is -2.14. The first-order chi connectivity index (χ1) is 12.8. The van der Waals surface area contributed by atoms with Gasteiger partial charge in [0.2, 0.25) is 0 Å². The predicted octanol–water partition coefficient (Wildman–Crippen LogP) is 4.19. The van der Waals surface area contributed by atoms with Gasteiger partial charge >= 0.3 is 0 Å². The Kier molecular flexibility index (Phi) is 5.23. The van der Waals surface area contributed by atoms with Gasteiger partial charge in [0.25, 0.3) is 15.9 Å². The molecule has 0 heterocycles. The fourth-order valence-electron chi connectivity index (χ4n) is 2.36. The largest absolute Gasteiger partial charge is 0.322 e. The van der Waals surface area contributed by atoms with Crippen molar-refractivity contribution >= 4 is 27.3 Å². The molecule has 7 heteroatoms. The summed E-state index contributed by atoms with van der Waals surface area (Å²) in [6, 6.07) is 17.9. The second-order valence-corrected chi connectivity index (χ2v) is 7.64. The second-order valence-electron chi connectivity index (χ2n) is 5.96. The maximum absolute atomic E-state index is 12.9. The van der Waals surface area contributed by atoms with Crippen molar-refractivity contribution in [2.75, 3.05) is 10.0 Å². The third kappa shape index (κ3) is 4.71. The van der Waals surface area contributed by atoms with Crippen LogP contribution in [0.1, 0.15) is 15.9 Å². The van der Waals surface area contributed by atoms with Gasteiger partial charge in [0.1, 0.15) is 5.82 Å². The zero-order valence-electron chi connectivity index (χ0n) is 14.4. The zero-order chi connectivity index (χ0) is 19.4. The first-order valence-corrected chi connectivity index (χ1v) is 9.58. The van der Waals surface area contributed by atoms with Gasteiger partial charge in [-0.05, 0) is 67.6 Å². The van der Waals surface area contributed by atoms with E-state index < -0.39 is 15.8 Å². The number of benzene rings is 3. The van der Waals surface area contributed by atoms with Gasteiger partial charge in [-0.15, -0.1) is 0 Å². The average Bonchev–Trinajstić information content (AvgIpc) is 2.64. The van der Waals surface area contributed by atoms with Gasteiger partial charge in [-0.2, -0.15) is 0 Å². The van der Waals surface area contributed by atoms with E-state index in [4.69, 9.17) is 0 Å². The Bertz CT molecular complexity index is 1050. The molecule has 0 fully saturated rings. The van der Waals surface area contributed by atoms with Crippen molar-refractivity contribution in [2.24, 2.45) is 0 Å². The van der Waals surface area contributed by atoms with Crippen LogP contribution in [0.4, 0.5) is 15.8 Å². The van der Waals surface area contributed by atoms with Crippen molar-refractivity contribution in [1.29, 1.82) is 0 Å². The summed E-state index contributed by atoms with van der Waals surface area (Å²) in [6.45, 7) is 1.87. The molecule has 0 aliphatic heterocycles. The van der Waals surface area contributed by atoms with Crippen molar-refractivity contribution < 1.29 is 17.6 Å². The molecule has 138 valence electrons. The number of carbonyl (C=O) groups is 1. The Morgan fingerprint density at radius 2 is 1.37 bits per heavy atom. The van der Waals surface area contributed by atoms with E-state index in [0.717, 1.165) is 5.56 Å². The van der Waals surface area contributed by atoms with Crippen molar-refractivity contribution in [3.05, 3.63) is 89.7 Å². The smallest absolute Gasteiger partial charge is 0.261 e. The molecule has 3 aromatic carbocycles.